The quantitative estimate of drug-likeness (QED) is 0.701. The van der Waals surface area contributed by atoms with Gasteiger partial charge in [-0.15, -0.1) is 0 Å². The van der Waals surface area contributed by atoms with Crippen molar-refractivity contribution in [3.8, 4) is 0 Å². The second-order valence-corrected chi connectivity index (χ2v) is 5.56. The summed E-state index contributed by atoms with van der Waals surface area (Å²) in [5, 5.41) is 3.69. The van der Waals surface area contributed by atoms with E-state index < -0.39 is 0 Å². The van der Waals surface area contributed by atoms with Crippen molar-refractivity contribution in [3.63, 3.8) is 0 Å². The maximum absolute atomic E-state index is 5.63. The molecule has 2 fully saturated rings. The van der Waals surface area contributed by atoms with E-state index in [1.165, 1.54) is 57.9 Å². The van der Waals surface area contributed by atoms with E-state index in [-0.39, 0.29) is 0 Å². The number of hydrogen-bond acceptors (Lipinski definition) is 2. The molecule has 2 atom stereocenters. The molecular formula is C14H27NO. The molecule has 0 aromatic heterocycles. The molecule has 2 rings (SSSR count). The van der Waals surface area contributed by atoms with Crippen LogP contribution in [0.3, 0.4) is 0 Å². The lowest BCUT2D eigenvalue weighted by Crippen LogP contribution is -2.33. The van der Waals surface area contributed by atoms with Gasteiger partial charge in [0.25, 0.3) is 0 Å². The van der Waals surface area contributed by atoms with Gasteiger partial charge in [0.1, 0.15) is 0 Å². The van der Waals surface area contributed by atoms with Crippen molar-refractivity contribution in [1.29, 1.82) is 0 Å². The van der Waals surface area contributed by atoms with Crippen molar-refractivity contribution in [1.82, 2.24) is 5.32 Å². The molecular weight excluding hydrogens is 198 g/mol. The summed E-state index contributed by atoms with van der Waals surface area (Å²) in [6, 6.07) is 0.729. The average Bonchev–Trinajstić information content (AvgIpc) is 2.96. The van der Waals surface area contributed by atoms with Crippen LogP contribution in [0.4, 0.5) is 0 Å². The van der Waals surface area contributed by atoms with Crippen molar-refractivity contribution < 1.29 is 4.74 Å². The molecule has 0 aromatic carbocycles. The van der Waals surface area contributed by atoms with Gasteiger partial charge >= 0.3 is 0 Å². The highest BCUT2D eigenvalue weighted by Gasteiger charge is 2.21. The molecule has 0 amide bonds. The Kier molecular flexibility index (Phi) is 5.11. The van der Waals surface area contributed by atoms with Gasteiger partial charge in [0.05, 0.1) is 6.10 Å². The molecule has 0 bridgehead atoms. The molecule has 2 aliphatic rings. The summed E-state index contributed by atoms with van der Waals surface area (Å²) < 4.78 is 5.63. The Bertz CT molecular complexity index is 183. The molecule has 0 aromatic rings. The van der Waals surface area contributed by atoms with Crippen molar-refractivity contribution in [2.24, 2.45) is 5.92 Å². The van der Waals surface area contributed by atoms with E-state index in [4.69, 9.17) is 4.74 Å². The number of nitrogens with one attached hydrogen (secondary N) is 1. The molecule has 1 saturated heterocycles. The van der Waals surface area contributed by atoms with Crippen LogP contribution < -0.4 is 5.32 Å². The average molecular weight is 225 g/mol. The molecule has 0 radical (unpaired) electrons. The largest absolute Gasteiger partial charge is 0.378 e. The first kappa shape index (κ1) is 12.4. The molecule has 16 heavy (non-hydrogen) atoms. The first-order chi connectivity index (χ1) is 7.86. The predicted molar refractivity (Wildman–Crippen MR) is 67.6 cm³/mol. The Balaban J connectivity index is 1.50. The summed E-state index contributed by atoms with van der Waals surface area (Å²) in [6.45, 7) is 4.54. The van der Waals surface area contributed by atoms with Crippen LogP contribution in [0.1, 0.15) is 58.3 Å². The monoisotopic (exact) mass is 225 g/mol. The molecule has 94 valence electrons. The van der Waals surface area contributed by atoms with Gasteiger partial charge in [-0.25, -0.2) is 0 Å². The zero-order valence-corrected chi connectivity index (χ0v) is 10.7. The fraction of sp³-hybridized carbons (Fsp3) is 1.00. The van der Waals surface area contributed by atoms with Gasteiger partial charge < -0.3 is 10.1 Å². The van der Waals surface area contributed by atoms with Crippen molar-refractivity contribution in [2.45, 2.75) is 70.4 Å². The summed E-state index contributed by atoms with van der Waals surface area (Å²) in [5.41, 5.74) is 0. The highest BCUT2D eigenvalue weighted by Crippen LogP contribution is 2.27. The number of ether oxygens (including phenoxy) is 1. The SMILES string of the molecule is C[C@H](NCCCC1CCCO1)C1CCCC1. The van der Waals surface area contributed by atoms with E-state index in [0.717, 1.165) is 18.6 Å². The maximum Gasteiger partial charge on any atom is 0.0576 e. The molecule has 1 saturated carbocycles. The third-order valence-electron chi connectivity index (χ3n) is 4.30. The summed E-state index contributed by atoms with van der Waals surface area (Å²) in [4.78, 5) is 0. The summed E-state index contributed by atoms with van der Waals surface area (Å²) in [5.74, 6) is 0.947. The number of hydrogen-bond donors (Lipinski definition) is 1. The topological polar surface area (TPSA) is 21.3 Å². The summed E-state index contributed by atoms with van der Waals surface area (Å²) >= 11 is 0. The minimum absolute atomic E-state index is 0.573. The lowest BCUT2D eigenvalue weighted by atomic mass is 9.99. The van der Waals surface area contributed by atoms with Gasteiger partial charge in [0.2, 0.25) is 0 Å². The first-order valence-electron chi connectivity index (χ1n) is 7.21. The molecule has 1 heterocycles. The molecule has 0 spiro atoms. The second kappa shape index (κ2) is 6.61. The van der Waals surface area contributed by atoms with Crippen LogP contribution in [0.25, 0.3) is 0 Å². The van der Waals surface area contributed by atoms with Crippen molar-refractivity contribution in [2.75, 3.05) is 13.2 Å². The highest BCUT2D eigenvalue weighted by atomic mass is 16.5. The third kappa shape index (κ3) is 3.74. The Morgan fingerprint density at radius 3 is 2.69 bits per heavy atom. The molecule has 1 N–H and O–H groups in total. The Morgan fingerprint density at radius 2 is 2.00 bits per heavy atom. The standard InChI is InChI=1S/C14H27NO/c1-12(13-6-2-3-7-13)15-10-4-8-14-9-5-11-16-14/h12-15H,2-11H2,1H3/t12-,14?/m0/s1. The van der Waals surface area contributed by atoms with Crippen LogP contribution >= 0.6 is 0 Å². The van der Waals surface area contributed by atoms with E-state index in [1.807, 2.05) is 0 Å². The van der Waals surface area contributed by atoms with Crippen LogP contribution in [0.5, 0.6) is 0 Å². The summed E-state index contributed by atoms with van der Waals surface area (Å²) in [6.07, 6.45) is 11.5. The van der Waals surface area contributed by atoms with E-state index >= 15 is 0 Å². The Labute approximate surface area is 100 Å². The molecule has 1 aliphatic carbocycles. The fourth-order valence-electron chi connectivity index (χ4n) is 3.16. The lowest BCUT2D eigenvalue weighted by Gasteiger charge is -2.20. The second-order valence-electron chi connectivity index (χ2n) is 5.56. The van der Waals surface area contributed by atoms with E-state index in [0.29, 0.717) is 6.10 Å². The minimum atomic E-state index is 0.573. The van der Waals surface area contributed by atoms with Crippen LogP contribution in [0, 0.1) is 5.92 Å². The first-order valence-corrected chi connectivity index (χ1v) is 7.21. The number of rotatable bonds is 6. The van der Waals surface area contributed by atoms with Crippen LogP contribution in [-0.4, -0.2) is 25.3 Å². The van der Waals surface area contributed by atoms with Gasteiger partial charge in [0, 0.05) is 12.6 Å². The molecule has 1 unspecified atom stereocenters. The Hall–Kier alpha value is -0.0800. The normalized spacial score (nSPS) is 28.7. The predicted octanol–water partition coefficient (Wildman–Crippen LogP) is 3.11. The zero-order chi connectivity index (χ0) is 11.2. The van der Waals surface area contributed by atoms with Crippen LogP contribution in [0.15, 0.2) is 0 Å². The van der Waals surface area contributed by atoms with Gasteiger partial charge in [-0.05, 0) is 57.9 Å². The van der Waals surface area contributed by atoms with E-state index in [1.54, 1.807) is 0 Å². The van der Waals surface area contributed by atoms with Crippen LogP contribution in [0.2, 0.25) is 0 Å². The highest BCUT2D eigenvalue weighted by molar-refractivity contribution is 4.77. The van der Waals surface area contributed by atoms with Crippen LogP contribution in [-0.2, 0) is 4.74 Å². The van der Waals surface area contributed by atoms with Gasteiger partial charge in [0.15, 0.2) is 0 Å². The van der Waals surface area contributed by atoms with Crippen molar-refractivity contribution >= 4 is 0 Å². The van der Waals surface area contributed by atoms with E-state index in [9.17, 15) is 0 Å². The lowest BCUT2D eigenvalue weighted by molar-refractivity contribution is 0.102. The molecule has 2 nitrogen and oxygen atoms in total. The zero-order valence-electron chi connectivity index (χ0n) is 10.7. The Morgan fingerprint density at radius 1 is 1.19 bits per heavy atom. The smallest absolute Gasteiger partial charge is 0.0576 e. The van der Waals surface area contributed by atoms with Gasteiger partial charge in [-0.3, -0.25) is 0 Å². The molecule has 1 aliphatic heterocycles. The van der Waals surface area contributed by atoms with Crippen molar-refractivity contribution in [3.05, 3.63) is 0 Å². The van der Waals surface area contributed by atoms with Gasteiger partial charge in [-0.1, -0.05) is 12.8 Å². The van der Waals surface area contributed by atoms with E-state index in [2.05, 4.69) is 12.2 Å². The third-order valence-corrected chi connectivity index (χ3v) is 4.30. The van der Waals surface area contributed by atoms with Gasteiger partial charge in [-0.2, -0.15) is 0 Å². The minimum Gasteiger partial charge on any atom is -0.378 e. The maximum atomic E-state index is 5.63. The fourth-order valence-corrected chi connectivity index (χ4v) is 3.16. The summed E-state index contributed by atoms with van der Waals surface area (Å²) in [7, 11) is 0. The molecule has 2 heteroatoms.